The number of carboxylic acids is 1. The Morgan fingerprint density at radius 3 is 1.43 bits per heavy atom. The Labute approximate surface area is 227 Å². The molecule has 0 aliphatic carbocycles. The lowest BCUT2D eigenvalue weighted by molar-refractivity contribution is -0.145. The summed E-state index contributed by atoms with van der Waals surface area (Å²) in [6.45, 7) is 12.3. The molecule has 0 heterocycles. The van der Waals surface area contributed by atoms with E-state index in [4.69, 9.17) is 9.84 Å². The molecule has 0 aliphatic heterocycles. The van der Waals surface area contributed by atoms with Crippen molar-refractivity contribution in [3.8, 4) is 0 Å². The molecule has 37 heavy (non-hydrogen) atoms. The molecule has 0 spiro atoms. The first-order valence-electron chi connectivity index (χ1n) is 14.6. The van der Waals surface area contributed by atoms with Crippen molar-refractivity contribution in [1.29, 1.82) is 0 Å². The Bertz CT molecular complexity index is 726. The van der Waals surface area contributed by atoms with Crippen molar-refractivity contribution in [3.63, 3.8) is 0 Å². The van der Waals surface area contributed by atoms with Crippen LogP contribution in [0, 0.1) is 0 Å². The number of carbonyl (C=O) groups excluding carboxylic acids is 1. The molecular formula is C33H54O4. The summed E-state index contributed by atoms with van der Waals surface area (Å²) in [5.41, 5.74) is 1.72. The van der Waals surface area contributed by atoms with Crippen LogP contribution in [-0.2, 0) is 14.3 Å². The van der Waals surface area contributed by atoms with Crippen LogP contribution >= 0.6 is 0 Å². The fraction of sp³-hybridized carbons (Fsp3) is 0.636. The van der Waals surface area contributed by atoms with Gasteiger partial charge in [0, 0.05) is 11.1 Å². The van der Waals surface area contributed by atoms with Crippen molar-refractivity contribution in [2.24, 2.45) is 0 Å². The van der Waals surface area contributed by atoms with Gasteiger partial charge in [-0.3, -0.25) is 0 Å². The SMILES string of the molecule is C=C(C)C(=O)O.C=C(C)C(=O)OC(CCCCCCCCCCCCCCCCCC)c1ccccc1. The molecule has 0 saturated carbocycles. The minimum absolute atomic E-state index is 0.156. The highest BCUT2D eigenvalue weighted by Gasteiger charge is 2.16. The topological polar surface area (TPSA) is 63.6 Å². The molecule has 1 aromatic rings. The Balaban J connectivity index is 0.00000192. The van der Waals surface area contributed by atoms with Gasteiger partial charge in [-0.05, 0) is 32.3 Å². The normalized spacial score (nSPS) is 11.2. The van der Waals surface area contributed by atoms with Crippen LogP contribution in [0.25, 0.3) is 0 Å². The van der Waals surface area contributed by atoms with E-state index in [1.807, 2.05) is 30.3 Å². The standard InChI is InChI=1S/C29H48O2.C4H6O2/c1-4-5-6-7-8-9-10-11-12-13-14-15-16-17-18-22-25-28(31-29(30)26(2)3)27-23-20-19-21-24-27;1-3(2)4(5)6/h19-21,23-24,28H,2,4-18,22,25H2,1,3H3;1H2,2H3,(H,5,6). The van der Waals surface area contributed by atoms with E-state index in [0.717, 1.165) is 18.4 Å². The zero-order valence-electron chi connectivity index (χ0n) is 24.1. The molecule has 0 radical (unpaired) electrons. The maximum Gasteiger partial charge on any atom is 0.333 e. The summed E-state index contributed by atoms with van der Waals surface area (Å²) in [6, 6.07) is 10.1. The molecule has 1 rings (SSSR count). The van der Waals surface area contributed by atoms with Crippen LogP contribution in [0.1, 0.15) is 142 Å². The number of aliphatic carboxylic acids is 1. The monoisotopic (exact) mass is 514 g/mol. The molecule has 1 N–H and O–H groups in total. The molecule has 0 saturated heterocycles. The van der Waals surface area contributed by atoms with Crippen molar-refractivity contribution in [1.82, 2.24) is 0 Å². The smallest absolute Gasteiger partial charge is 0.333 e. The number of hydrogen-bond donors (Lipinski definition) is 1. The summed E-state index contributed by atoms with van der Waals surface area (Å²) in [5.74, 6) is -1.22. The van der Waals surface area contributed by atoms with Crippen molar-refractivity contribution in [3.05, 3.63) is 60.2 Å². The number of esters is 1. The summed E-state index contributed by atoms with van der Waals surface area (Å²) in [4.78, 5) is 21.6. The first-order valence-corrected chi connectivity index (χ1v) is 14.6. The third-order valence-corrected chi connectivity index (χ3v) is 6.45. The van der Waals surface area contributed by atoms with Gasteiger partial charge in [0.1, 0.15) is 6.10 Å². The Morgan fingerprint density at radius 1 is 0.703 bits per heavy atom. The fourth-order valence-electron chi connectivity index (χ4n) is 4.07. The lowest BCUT2D eigenvalue weighted by Crippen LogP contribution is -2.12. The second-order valence-corrected chi connectivity index (χ2v) is 10.3. The highest BCUT2D eigenvalue weighted by atomic mass is 16.5. The molecule has 4 heteroatoms. The van der Waals surface area contributed by atoms with Crippen molar-refractivity contribution in [2.75, 3.05) is 0 Å². The second kappa shape index (κ2) is 24.0. The molecular weight excluding hydrogens is 460 g/mol. The van der Waals surface area contributed by atoms with E-state index in [1.54, 1.807) is 6.92 Å². The van der Waals surface area contributed by atoms with Crippen molar-refractivity contribution >= 4 is 11.9 Å². The molecule has 0 aliphatic rings. The number of ether oxygens (including phenoxy) is 1. The summed E-state index contributed by atoms with van der Waals surface area (Å²) < 4.78 is 5.68. The van der Waals surface area contributed by atoms with Gasteiger partial charge in [-0.25, -0.2) is 9.59 Å². The van der Waals surface area contributed by atoms with Crippen LogP contribution < -0.4 is 0 Å². The Kier molecular flexibility index (Phi) is 22.5. The van der Waals surface area contributed by atoms with E-state index in [1.165, 1.54) is 103 Å². The summed E-state index contributed by atoms with van der Waals surface area (Å²) >= 11 is 0. The number of unbranched alkanes of at least 4 members (excludes halogenated alkanes) is 15. The van der Waals surface area contributed by atoms with Gasteiger partial charge in [0.2, 0.25) is 0 Å². The Morgan fingerprint density at radius 2 is 1.08 bits per heavy atom. The first-order chi connectivity index (χ1) is 17.8. The predicted octanol–water partition coefficient (Wildman–Crippen LogP) is 10.1. The zero-order valence-corrected chi connectivity index (χ0v) is 24.1. The molecule has 1 atom stereocenters. The molecule has 4 nitrogen and oxygen atoms in total. The van der Waals surface area contributed by atoms with E-state index < -0.39 is 5.97 Å². The van der Waals surface area contributed by atoms with Crippen LogP contribution in [-0.4, -0.2) is 17.0 Å². The number of carboxylic acid groups (broad SMARTS) is 1. The average molecular weight is 515 g/mol. The summed E-state index contributed by atoms with van der Waals surface area (Å²) in [7, 11) is 0. The summed E-state index contributed by atoms with van der Waals surface area (Å²) in [5, 5.41) is 7.89. The van der Waals surface area contributed by atoms with Crippen LogP contribution in [0.5, 0.6) is 0 Å². The molecule has 0 aromatic heterocycles. The van der Waals surface area contributed by atoms with E-state index in [2.05, 4.69) is 20.1 Å². The first kappa shape index (κ1) is 34.6. The maximum atomic E-state index is 12.0. The largest absolute Gasteiger partial charge is 0.478 e. The summed E-state index contributed by atoms with van der Waals surface area (Å²) in [6.07, 6.45) is 22.6. The van der Waals surface area contributed by atoms with Crippen LogP contribution in [0.3, 0.4) is 0 Å². The third kappa shape index (κ3) is 21.4. The average Bonchev–Trinajstić information content (AvgIpc) is 2.88. The number of benzene rings is 1. The molecule has 1 unspecified atom stereocenters. The van der Waals surface area contributed by atoms with Crippen LogP contribution in [0.4, 0.5) is 0 Å². The highest BCUT2D eigenvalue weighted by Crippen LogP contribution is 2.25. The lowest BCUT2D eigenvalue weighted by Gasteiger charge is -2.18. The van der Waals surface area contributed by atoms with E-state index in [-0.39, 0.29) is 17.6 Å². The predicted molar refractivity (Wildman–Crippen MR) is 157 cm³/mol. The quantitative estimate of drug-likeness (QED) is 0.101. The molecule has 0 bridgehead atoms. The Hall–Kier alpha value is -2.36. The van der Waals surface area contributed by atoms with E-state index >= 15 is 0 Å². The number of rotatable bonds is 21. The van der Waals surface area contributed by atoms with Gasteiger partial charge >= 0.3 is 11.9 Å². The molecule has 0 fully saturated rings. The minimum Gasteiger partial charge on any atom is -0.478 e. The van der Waals surface area contributed by atoms with Crippen molar-refractivity contribution in [2.45, 2.75) is 136 Å². The van der Waals surface area contributed by atoms with Gasteiger partial charge in [0.25, 0.3) is 0 Å². The molecule has 1 aromatic carbocycles. The van der Waals surface area contributed by atoms with Gasteiger partial charge in [0.05, 0.1) is 0 Å². The molecule has 0 amide bonds. The van der Waals surface area contributed by atoms with Crippen LogP contribution in [0.15, 0.2) is 54.6 Å². The van der Waals surface area contributed by atoms with E-state index in [0.29, 0.717) is 5.57 Å². The van der Waals surface area contributed by atoms with Gasteiger partial charge in [0.15, 0.2) is 0 Å². The minimum atomic E-state index is -0.935. The van der Waals surface area contributed by atoms with Crippen LogP contribution in [0.2, 0.25) is 0 Å². The number of carbonyl (C=O) groups is 2. The zero-order chi connectivity index (χ0) is 27.7. The fourth-order valence-corrected chi connectivity index (χ4v) is 4.07. The van der Waals surface area contributed by atoms with Gasteiger partial charge in [-0.1, -0.05) is 147 Å². The maximum absolute atomic E-state index is 12.0. The highest BCUT2D eigenvalue weighted by molar-refractivity contribution is 5.87. The molecule has 210 valence electrons. The van der Waals surface area contributed by atoms with E-state index in [9.17, 15) is 9.59 Å². The second-order valence-electron chi connectivity index (χ2n) is 10.3. The lowest BCUT2D eigenvalue weighted by atomic mass is 10.0. The van der Waals surface area contributed by atoms with Gasteiger partial charge in [-0.15, -0.1) is 0 Å². The third-order valence-electron chi connectivity index (χ3n) is 6.45. The van der Waals surface area contributed by atoms with Gasteiger partial charge in [-0.2, -0.15) is 0 Å². The number of hydrogen-bond acceptors (Lipinski definition) is 3. The van der Waals surface area contributed by atoms with Crippen molar-refractivity contribution < 1.29 is 19.4 Å². The van der Waals surface area contributed by atoms with Gasteiger partial charge < -0.3 is 9.84 Å².